The summed E-state index contributed by atoms with van der Waals surface area (Å²) in [5.74, 6) is 0. The van der Waals surface area contributed by atoms with Gasteiger partial charge >= 0.3 is 0 Å². The highest BCUT2D eigenvalue weighted by molar-refractivity contribution is 7.17. The molecule has 0 saturated heterocycles. The van der Waals surface area contributed by atoms with Crippen molar-refractivity contribution < 1.29 is 0 Å². The van der Waals surface area contributed by atoms with Crippen LogP contribution in [0.4, 0.5) is 0 Å². The van der Waals surface area contributed by atoms with Crippen LogP contribution in [-0.2, 0) is 0 Å². The van der Waals surface area contributed by atoms with Gasteiger partial charge in [0.15, 0.2) is 0 Å². The van der Waals surface area contributed by atoms with E-state index in [4.69, 9.17) is 5.26 Å². The Morgan fingerprint density at radius 2 is 2.17 bits per heavy atom. The summed E-state index contributed by atoms with van der Waals surface area (Å²) in [7, 11) is 0. The molecule has 2 aromatic heterocycles. The van der Waals surface area contributed by atoms with Gasteiger partial charge in [0.1, 0.15) is 6.07 Å². The van der Waals surface area contributed by atoms with E-state index in [1.165, 1.54) is 11.3 Å². The van der Waals surface area contributed by atoms with Crippen LogP contribution < -0.4 is 0 Å². The first kappa shape index (κ1) is 10.9. The molecule has 0 bridgehead atoms. The minimum absolute atomic E-state index is 0.676. The third-order valence-electron chi connectivity index (χ3n) is 3.00. The lowest BCUT2D eigenvalue weighted by molar-refractivity contribution is 1.02. The van der Waals surface area contributed by atoms with Crippen molar-refractivity contribution in [3.8, 4) is 17.2 Å². The van der Waals surface area contributed by atoms with E-state index in [1.807, 2.05) is 26.0 Å². The van der Waals surface area contributed by atoms with Crippen molar-refractivity contribution in [1.29, 1.82) is 5.26 Å². The van der Waals surface area contributed by atoms with Crippen LogP contribution >= 0.6 is 11.3 Å². The summed E-state index contributed by atoms with van der Waals surface area (Å²) in [4.78, 5) is 4.39. The van der Waals surface area contributed by atoms with Crippen molar-refractivity contribution in [3.63, 3.8) is 0 Å². The SMILES string of the molecule is Cc1n[nH]c(C)c1-c1ccc(C#N)c2scnc12. The number of aryl methyl sites for hydroxylation is 2. The number of fused-ring (bicyclic) bond motifs is 1. The summed E-state index contributed by atoms with van der Waals surface area (Å²) < 4.78 is 0.940. The van der Waals surface area contributed by atoms with E-state index in [0.29, 0.717) is 5.56 Å². The highest BCUT2D eigenvalue weighted by Crippen LogP contribution is 2.34. The molecule has 3 aromatic rings. The van der Waals surface area contributed by atoms with Gasteiger partial charge in [-0.2, -0.15) is 10.4 Å². The van der Waals surface area contributed by atoms with Gasteiger partial charge < -0.3 is 0 Å². The van der Waals surface area contributed by atoms with E-state index in [0.717, 1.165) is 32.7 Å². The number of rotatable bonds is 1. The zero-order valence-electron chi connectivity index (χ0n) is 9.98. The van der Waals surface area contributed by atoms with Gasteiger partial charge in [0.25, 0.3) is 0 Å². The molecule has 0 atom stereocenters. The molecule has 0 radical (unpaired) electrons. The number of nitrogens with zero attached hydrogens (tertiary/aromatic N) is 3. The van der Waals surface area contributed by atoms with E-state index in [9.17, 15) is 0 Å². The molecule has 88 valence electrons. The van der Waals surface area contributed by atoms with Crippen LogP contribution in [-0.4, -0.2) is 15.2 Å². The maximum absolute atomic E-state index is 9.09. The second-order valence-corrected chi connectivity index (χ2v) is 4.97. The lowest BCUT2D eigenvalue weighted by Crippen LogP contribution is -1.86. The normalized spacial score (nSPS) is 10.7. The van der Waals surface area contributed by atoms with E-state index in [2.05, 4.69) is 21.3 Å². The first-order chi connectivity index (χ1) is 8.72. The molecule has 0 amide bonds. The average molecular weight is 254 g/mol. The van der Waals surface area contributed by atoms with Crippen LogP contribution in [0.25, 0.3) is 21.3 Å². The van der Waals surface area contributed by atoms with Crippen molar-refractivity contribution in [2.24, 2.45) is 0 Å². The van der Waals surface area contributed by atoms with Gasteiger partial charge in [0.2, 0.25) is 0 Å². The minimum atomic E-state index is 0.676. The third-order valence-corrected chi connectivity index (χ3v) is 3.86. The molecule has 3 rings (SSSR count). The topological polar surface area (TPSA) is 65.4 Å². The van der Waals surface area contributed by atoms with Crippen LogP contribution in [0.1, 0.15) is 17.0 Å². The van der Waals surface area contributed by atoms with Gasteiger partial charge in [-0.05, 0) is 19.9 Å². The monoisotopic (exact) mass is 254 g/mol. The molecule has 0 aliphatic rings. The van der Waals surface area contributed by atoms with Crippen molar-refractivity contribution in [3.05, 3.63) is 34.6 Å². The largest absolute Gasteiger partial charge is 0.282 e. The van der Waals surface area contributed by atoms with E-state index in [1.54, 1.807) is 5.51 Å². The molecule has 0 aliphatic carbocycles. The lowest BCUT2D eigenvalue weighted by atomic mass is 10.0. The maximum Gasteiger partial charge on any atom is 0.101 e. The number of nitrogens with one attached hydrogen (secondary N) is 1. The predicted octanol–water partition coefficient (Wildman–Crippen LogP) is 3.17. The summed E-state index contributed by atoms with van der Waals surface area (Å²) in [6.45, 7) is 3.96. The highest BCUT2D eigenvalue weighted by atomic mass is 32.1. The molecule has 0 fully saturated rings. The van der Waals surface area contributed by atoms with Crippen LogP contribution in [0.2, 0.25) is 0 Å². The average Bonchev–Trinajstić information content (AvgIpc) is 2.96. The number of aromatic amines is 1. The highest BCUT2D eigenvalue weighted by Gasteiger charge is 2.15. The Bertz CT molecular complexity index is 756. The summed E-state index contributed by atoms with van der Waals surface area (Å²) in [5, 5.41) is 16.3. The van der Waals surface area contributed by atoms with Crippen molar-refractivity contribution in [1.82, 2.24) is 15.2 Å². The Kier molecular flexibility index (Phi) is 2.39. The molecule has 0 unspecified atom stereocenters. The molecular formula is C13H10N4S. The van der Waals surface area contributed by atoms with Crippen LogP contribution in [0, 0.1) is 25.2 Å². The molecule has 2 heterocycles. The standard InChI is InChI=1S/C13H10N4S/c1-7-11(8(2)17-16-7)10-4-3-9(5-14)13-12(10)15-6-18-13/h3-4,6H,1-2H3,(H,16,17). The Labute approximate surface area is 108 Å². The van der Waals surface area contributed by atoms with E-state index < -0.39 is 0 Å². The number of benzene rings is 1. The first-order valence-corrected chi connectivity index (χ1v) is 6.38. The summed E-state index contributed by atoms with van der Waals surface area (Å²) in [5.41, 5.74) is 7.42. The van der Waals surface area contributed by atoms with Crippen molar-refractivity contribution >= 4 is 21.6 Å². The van der Waals surface area contributed by atoms with Gasteiger partial charge in [-0.15, -0.1) is 11.3 Å². The quantitative estimate of drug-likeness (QED) is 0.725. The van der Waals surface area contributed by atoms with Gasteiger partial charge in [-0.25, -0.2) is 4.98 Å². The Hall–Kier alpha value is -2.19. The Morgan fingerprint density at radius 3 is 2.83 bits per heavy atom. The first-order valence-electron chi connectivity index (χ1n) is 5.50. The smallest absolute Gasteiger partial charge is 0.101 e. The zero-order valence-corrected chi connectivity index (χ0v) is 10.8. The second kappa shape index (κ2) is 3.93. The van der Waals surface area contributed by atoms with Crippen molar-refractivity contribution in [2.75, 3.05) is 0 Å². The fourth-order valence-electron chi connectivity index (χ4n) is 2.19. The predicted molar refractivity (Wildman–Crippen MR) is 71.4 cm³/mol. The van der Waals surface area contributed by atoms with Gasteiger partial charge in [-0.3, -0.25) is 5.10 Å². The minimum Gasteiger partial charge on any atom is -0.282 e. The van der Waals surface area contributed by atoms with E-state index >= 15 is 0 Å². The lowest BCUT2D eigenvalue weighted by Gasteiger charge is -2.03. The second-order valence-electron chi connectivity index (χ2n) is 4.11. The maximum atomic E-state index is 9.09. The molecule has 0 spiro atoms. The molecular weight excluding hydrogens is 244 g/mol. The summed E-state index contributed by atoms with van der Waals surface area (Å²) >= 11 is 1.50. The summed E-state index contributed by atoms with van der Waals surface area (Å²) in [6.07, 6.45) is 0. The zero-order chi connectivity index (χ0) is 12.7. The number of nitriles is 1. The molecule has 1 aromatic carbocycles. The molecule has 0 saturated carbocycles. The van der Waals surface area contributed by atoms with Crippen LogP contribution in [0.5, 0.6) is 0 Å². The van der Waals surface area contributed by atoms with Crippen LogP contribution in [0.3, 0.4) is 0 Å². The van der Waals surface area contributed by atoms with Crippen molar-refractivity contribution in [2.45, 2.75) is 13.8 Å². The molecule has 18 heavy (non-hydrogen) atoms. The molecule has 1 N–H and O–H groups in total. The molecule has 0 aliphatic heterocycles. The summed E-state index contributed by atoms with van der Waals surface area (Å²) in [6, 6.07) is 6.00. The van der Waals surface area contributed by atoms with Gasteiger partial charge in [0.05, 0.1) is 27.0 Å². The van der Waals surface area contributed by atoms with E-state index in [-0.39, 0.29) is 0 Å². The van der Waals surface area contributed by atoms with Crippen LogP contribution in [0.15, 0.2) is 17.6 Å². The Balaban J connectivity index is 2.39. The fourth-order valence-corrected chi connectivity index (χ4v) is 2.97. The molecule has 4 nitrogen and oxygen atoms in total. The number of hydrogen-bond donors (Lipinski definition) is 1. The Morgan fingerprint density at radius 1 is 1.33 bits per heavy atom. The fraction of sp³-hybridized carbons (Fsp3) is 0.154. The number of H-pyrrole nitrogens is 1. The number of hydrogen-bond acceptors (Lipinski definition) is 4. The number of aromatic nitrogens is 3. The third kappa shape index (κ3) is 1.43. The van der Waals surface area contributed by atoms with Gasteiger partial charge in [0, 0.05) is 16.8 Å². The number of thiazole rings is 1. The van der Waals surface area contributed by atoms with Gasteiger partial charge in [-0.1, -0.05) is 6.07 Å². The molecule has 5 heteroatoms.